The van der Waals surface area contributed by atoms with E-state index in [2.05, 4.69) is 11.6 Å². The Morgan fingerprint density at radius 3 is 2.74 bits per heavy atom. The van der Waals surface area contributed by atoms with Gasteiger partial charge in [0.05, 0.1) is 17.5 Å². The van der Waals surface area contributed by atoms with E-state index >= 15 is 0 Å². The lowest BCUT2D eigenvalue weighted by Gasteiger charge is -2.23. The van der Waals surface area contributed by atoms with Gasteiger partial charge in [-0.05, 0) is 18.8 Å². The summed E-state index contributed by atoms with van der Waals surface area (Å²) in [6.45, 7) is 4.28. The van der Waals surface area contributed by atoms with Gasteiger partial charge < -0.3 is 4.90 Å². The van der Waals surface area contributed by atoms with Crippen molar-refractivity contribution in [2.75, 3.05) is 18.1 Å². The Morgan fingerprint density at radius 2 is 2.04 bits per heavy atom. The summed E-state index contributed by atoms with van der Waals surface area (Å²) in [6.07, 6.45) is 8.24. The lowest BCUT2D eigenvalue weighted by molar-refractivity contribution is -0.118. The van der Waals surface area contributed by atoms with Crippen LogP contribution in [0, 0.1) is 5.92 Å². The maximum atomic E-state index is 12.3. The van der Waals surface area contributed by atoms with Crippen LogP contribution in [0.25, 0.3) is 0 Å². The van der Waals surface area contributed by atoms with Crippen LogP contribution in [-0.4, -0.2) is 53.7 Å². The van der Waals surface area contributed by atoms with Crippen molar-refractivity contribution in [3.63, 3.8) is 0 Å². The standard InChI is InChI=1S/C16H24N2O3S2/c1-2-8-18-13-10-23(20,21)11-14(13)22-16(18)17-15(19)9-12-6-4-3-5-7-12/h2,12-14H,1,3-11H2/t13-,14-/m0/s1. The van der Waals surface area contributed by atoms with Gasteiger partial charge in [0.1, 0.15) is 0 Å². The van der Waals surface area contributed by atoms with E-state index in [1.54, 1.807) is 6.08 Å². The molecule has 2 saturated heterocycles. The molecule has 0 aromatic rings. The molecule has 7 heteroatoms. The Balaban J connectivity index is 1.68. The number of thioether (sulfide) groups is 1. The van der Waals surface area contributed by atoms with Gasteiger partial charge in [0.15, 0.2) is 15.0 Å². The Kier molecular flexibility index (Phi) is 5.16. The van der Waals surface area contributed by atoms with Gasteiger partial charge >= 0.3 is 0 Å². The zero-order valence-electron chi connectivity index (χ0n) is 13.3. The number of carbonyl (C=O) groups excluding carboxylic acids is 1. The fourth-order valence-corrected chi connectivity index (χ4v) is 7.76. The molecule has 3 aliphatic rings. The highest BCUT2D eigenvalue weighted by Gasteiger charge is 2.48. The van der Waals surface area contributed by atoms with Crippen molar-refractivity contribution < 1.29 is 13.2 Å². The molecule has 0 spiro atoms. The Labute approximate surface area is 142 Å². The first kappa shape index (κ1) is 17.0. The van der Waals surface area contributed by atoms with E-state index in [1.807, 2.05) is 4.90 Å². The first-order chi connectivity index (χ1) is 11.0. The Hall–Kier alpha value is -0.820. The number of nitrogens with zero attached hydrogens (tertiary/aromatic N) is 2. The molecule has 128 valence electrons. The second-order valence-electron chi connectivity index (χ2n) is 6.74. The van der Waals surface area contributed by atoms with E-state index in [9.17, 15) is 13.2 Å². The summed E-state index contributed by atoms with van der Waals surface area (Å²) in [4.78, 5) is 18.6. The third-order valence-corrected chi connectivity index (χ3v) is 8.16. The van der Waals surface area contributed by atoms with Gasteiger partial charge in [0.2, 0.25) is 5.91 Å². The van der Waals surface area contributed by atoms with E-state index < -0.39 is 9.84 Å². The first-order valence-electron chi connectivity index (χ1n) is 8.34. The van der Waals surface area contributed by atoms with Crippen LogP contribution in [0.5, 0.6) is 0 Å². The van der Waals surface area contributed by atoms with Gasteiger partial charge in [-0.2, -0.15) is 4.99 Å². The minimum atomic E-state index is -2.97. The molecule has 0 radical (unpaired) electrons. The van der Waals surface area contributed by atoms with Crippen molar-refractivity contribution in [3.8, 4) is 0 Å². The summed E-state index contributed by atoms with van der Waals surface area (Å²) in [6, 6.07) is -0.0655. The third kappa shape index (κ3) is 3.99. The van der Waals surface area contributed by atoms with Gasteiger partial charge in [-0.15, -0.1) is 6.58 Å². The Bertz CT molecular complexity index is 609. The largest absolute Gasteiger partial charge is 0.342 e. The van der Waals surface area contributed by atoms with E-state index in [4.69, 9.17) is 0 Å². The normalized spacial score (nSPS) is 32.2. The second-order valence-corrected chi connectivity index (χ2v) is 10.1. The maximum absolute atomic E-state index is 12.3. The van der Waals surface area contributed by atoms with Crippen molar-refractivity contribution in [3.05, 3.63) is 12.7 Å². The average Bonchev–Trinajstić information content (AvgIpc) is 2.93. The molecule has 0 aromatic heterocycles. The number of amidine groups is 1. The van der Waals surface area contributed by atoms with Crippen molar-refractivity contribution in [2.45, 2.75) is 49.8 Å². The molecule has 0 aromatic carbocycles. The number of carbonyl (C=O) groups is 1. The summed E-state index contributed by atoms with van der Waals surface area (Å²) in [7, 11) is -2.97. The van der Waals surface area contributed by atoms with Crippen LogP contribution in [0.3, 0.4) is 0 Å². The highest BCUT2D eigenvalue weighted by molar-refractivity contribution is 8.15. The monoisotopic (exact) mass is 356 g/mol. The fraction of sp³-hybridized carbons (Fsp3) is 0.750. The molecule has 23 heavy (non-hydrogen) atoms. The summed E-state index contributed by atoms with van der Waals surface area (Å²) in [5.74, 6) is 0.760. The third-order valence-electron chi connectivity index (χ3n) is 4.91. The molecule has 0 unspecified atom stereocenters. The zero-order chi connectivity index (χ0) is 16.4. The highest BCUT2D eigenvalue weighted by atomic mass is 32.2. The number of hydrogen-bond donors (Lipinski definition) is 0. The molecular weight excluding hydrogens is 332 g/mol. The van der Waals surface area contributed by atoms with Crippen LogP contribution < -0.4 is 0 Å². The molecule has 2 heterocycles. The molecule has 2 aliphatic heterocycles. The van der Waals surface area contributed by atoms with Crippen molar-refractivity contribution >= 4 is 32.7 Å². The summed E-state index contributed by atoms with van der Waals surface area (Å²) in [5.41, 5.74) is 0. The predicted octanol–water partition coefficient (Wildman–Crippen LogP) is 2.24. The number of sulfone groups is 1. The number of amides is 1. The molecule has 1 saturated carbocycles. The van der Waals surface area contributed by atoms with Gasteiger partial charge in [0.25, 0.3) is 0 Å². The van der Waals surface area contributed by atoms with Crippen LogP contribution in [-0.2, 0) is 14.6 Å². The number of hydrogen-bond acceptors (Lipinski definition) is 4. The highest BCUT2D eigenvalue weighted by Crippen LogP contribution is 2.38. The topological polar surface area (TPSA) is 66.8 Å². The lowest BCUT2D eigenvalue weighted by Crippen LogP contribution is -2.37. The Morgan fingerprint density at radius 1 is 1.30 bits per heavy atom. The van der Waals surface area contributed by atoms with E-state index in [0.717, 1.165) is 12.8 Å². The lowest BCUT2D eigenvalue weighted by atomic mass is 9.87. The van der Waals surface area contributed by atoms with Crippen LogP contribution >= 0.6 is 11.8 Å². The molecule has 2 atom stereocenters. The van der Waals surface area contributed by atoms with E-state index in [1.165, 1.54) is 31.0 Å². The summed E-state index contributed by atoms with van der Waals surface area (Å²) in [5, 5.41) is 0.691. The molecule has 5 nitrogen and oxygen atoms in total. The molecule has 3 rings (SSSR count). The molecule has 1 aliphatic carbocycles. The average molecular weight is 357 g/mol. The summed E-state index contributed by atoms with van der Waals surface area (Å²) < 4.78 is 23.6. The first-order valence-corrected chi connectivity index (χ1v) is 11.0. The predicted molar refractivity (Wildman–Crippen MR) is 94.4 cm³/mol. The quantitative estimate of drug-likeness (QED) is 0.723. The SMILES string of the molecule is C=CCN1C(=NC(=O)CC2CCCCC2)S[C@H]2CS(=O)(=O)C[C@@H]21. The second kappa shape index (κ2) is 6.97. The molecule has 1 amide bonds. The fourth-order valence-electron chi connectivity index (χ4n) is 3.78. The van der Waals surface area contributed by atoms with Gasteiger partial charge in [0, 0.05) is 18.2 Å². The zero-order valence-corrected chi connectivity index (χ0v) is 14.9. The van der Waals surface area contributed by atoms with Gasteiger partial charge in [-0.3, -0.25) is 4.79 Å². The van der Waals surface area contributed by atoms with Crippen molar-refractivity contribution in [1.29, 1.82) is 0 Å². The number of aliphatic imine (C=N–C) groups is 1. The van der Waals surface area contributed by atoms with Crippen LogP contribution in [0.15, 0.2) is 17.6 Å². The molecule has 0 bridgehead atoms. The molecule has 3 fully saturated rings. The van der Waals surface area contributed by atoms with E-state index in [-0.39, 0.29) is 28.7 Å². The molecule has 0 N–H and O–H groups in total. The number of fused-ring (bicyclic) bond motifs is 1. The molecular formula is C16H24N2O3S2. The van der Waals surface area contributed by atoms with Gasteiger partial charge in [-0.1, -0.05) is 37.1 Å². The van der Waals surface area contributed by atoms with E-state index in [0.29, 0.717) is 24.1 Å². The minimum absolute atomic E-state index is 0.00109. The van der Waals surface area contributed by atoms with Crippen molar-refractivity contribution in [1.82, 2.24) is 4.90 Å². The van der Waals surface area contributed by atoms with Crippen LogP contribution in [0.2, 0.25) is 0 Å². The van der Waals surface area contributed by atoms with Crippen LogP contribution in [0.1, 0.15) is 38.5 Å². The smallest absolute Gasteiger partial charge is 0.248 e. The minimum Gasteiger partial charge on any atom is -0.342 e. The van der Waals surface area contributed by atoms with Crippen molar-refractivity contribution in [2.24, 2.45) is 10.9 Å². The van der Waals surface area contributed by atoms with Crippen LogP contribution in [0.4, 0.5) is 0 Å². The van der Waals surface area contributed by atoms with Gasteiger partial charge in [-0.25, -0.2) is 8.42 Å². The number of rotatable bonds is 4. The maximum Gasteiger partial charge on any atom is 0.248 e. The summed E-state index contributed by atoms with van der Waals surface area (Å²) >= 11 is 1.45.